The van der Waals surface area contributed by atoms with Crippen LogP contribution < -0.4 is 10.6 Å². The topological polar surface area (TPSA) is 148 Å². The van der Waals surface area contributed by atoms with Crippen LogP contribution in [0.3, 0.4) is 0 Å². The molecule has 0 saturated carbocycles. The largest absolute Gasteiger partial charge is 0.481 e. The van der Waals surface area contributed by atoms with E-state index < -0.39 is 28.6 Å². The molecule has 10 heteroatoms. The summed E-state index contributed by atoms with van der Waals surface area (Å²) in [7, 11) is 0. The van der Waals surface area contributed by atoms with Gasteiger partial charge in [0.05, 0.1) is 17.4 Å². The fourth-order valence-electron chi connectivity index (χ4n) is 3.12. The van der Waals surface area contributed by atoms with Crippen LogP contribution in [-0.4, -0.2) is 54.1 Å². The molecule has 1 atom stereocenters. The number of nitrogens with one attached hydrogen (secondary N) is 2. The first-order valence-electron chi connectivity index (χ1n) is 8.90. The fourth-order valence-corrected chi connectivity index (χ4v) is 3.12. The van der Waals surface area contributed by atoms with Crippen molar-refractivity contribution in [2.45, 2.75) is 19.8 Å². The molecule has 10 nitrogen and oxygen atoms in total. The van der Waals surface area contributed by atoms with Gasteiger partial charge in [-0.05, 0) is 37.8 Å². The molecule has 1 fully saturated rings. The first kappa shape index (κ1) is 21.3. The van der Waals surface area contributed by atoms with Crippen molar-refractivity contribution in [1.29, 1.82) is 0 Å². The maximum absolute atomic E-state index is 12.1. The number of carboxylic acids is 1. The van der Waals surface area contributed by atoms with Gasteiger partial charge in [-0.1, -0.05) is 0 Å². The summed E-state index contributed by atoms with van der Waals surface area (Å²) in [5, 5.41) is 25.2. The van der Waals surface area contributed by atoms with Crippen molar-refractivity contribution in [3.05, 3.63) is 39.4 Å². The number of benzene rings is 1. The van der Waals surface area contributed by atoms with Crippen LogP contribution in [-0.2, 0) is 14.3 Å². The highest BCUT2D eigenvalue weighted by molar-refractivity contribution is 5.96. The minimum absolute atomic E-state index is 0.0225. The Bertz CT molecular complexity index is 760. The van der Waals surface area contributed by atoms with Crippen molar-refractivity contribution < 1.29 is 29.2 Å². The number of aliphatic carboxylic acids is 1. The summed E-state index contributed by atoms with van der Waals surface area (Å²) in [5.41, 5.74) is 0.437. The van der Waals surface area contributed by atoms with Crippen molar-refractivity contribution in [3.63, 3.8) is 0 Å². The third-order valence-corrected chi connectivity index (χ3v) is 4.74. The van der Waals surface area contributed by atoms with E-state index in [1.54, 1.807) is 0 Å². The van der Waals surface area contributed by atoms with Gasteiger partial charge in [0, 0.05) is 37.0 Å². The highest BCUT2D eigenvalue weighted by Gasteiger charge is 2.30. The lowest BCUT2D eigenvalue weighted by molar-refractivity contribution is -0.385. The first-order valence-corrected chi connectivity index (χ1v) is 8.90. The second-order valence-electron chi connectivity index (χ2n) is 6.64. The number of nitro benzene ring substituents is 1. The van der Waals surface area contributed by atoms with E-state index in [0.717, 1.165) is 0 Å². The average Bonchev–Trinajstić information content (AvgIpc) is 2.66. The fraction of sp³-hybridized carbons (Fsp3) is 0.500. The molecule has 0 aromatic heterocycles. The highest BCUT2D eigenvalue weighted by atomic mass is 16.6. The normalized spacial score (nSPS) is 15.5. The van der Waals surface area contributed by atoms with Gasteiger partial charge in [0.15, 0.2) is 0 Å². The summed E-state index contributed by atoms with van der Waals surface area (Å²) >= 11 is 0. The Morgan fingerprint density at radius 2 is 1.96 bits per heavy atom. The minimum Gasteiger partial charge on any atom is -0.481 e. The Morgan fingerprint density at radius 1 is 1.29 bits per heavy atom. The van der Waals surface area contributed by atoms with Crippen molar-refractivity contribution in [3.8, 4) is 0 Å². The zero-order valence-electron chi connectivity index (χ0n) is 15.5. The molecule has 28 heavy (non-hydrogen) atoms. The van der Waals surface area contributed by atoms with Crippen molar-refractivity contribution in [2.75, 3.05) is 26.3 Å². The Labute approximate surface area is 161 Å². The third-order valence-electron chi connectivity index (χ3n) is 4.74. The van der Waals surface area contributed by atoms with Gasteiger partial charge in [0.25, 0.3) is 11.6 Å². The standard InChI is InChI=1S/C18H23N3O7/c1-11-8-13(2-3-15(11)21(26)27)17(23)20-10-16(22)19-9-14(18(24)25)12-4-6-28-7-5-12/h2-3,8,12,14H,4-7,9-10H2,1H3,(H,19,22)(H,20,23)(H,24,25). The van der Waals surface area contributed by atoms with E-state index in [1.807, 2.05) is 0 Å². The van der Waals surface area contributed by atoms with Gasteiger partial charge in [0.1, 0.15) is 0 Å². The number of nitrogens with zero attached hydrogens (tertiary/aromatic N) is 1. The van der Waals surface area contributed by atoms with Gasteiger partial charge in [0.2, 0.25) is 5.91 Å². The predicted molar refractivity (Wildman–Crippen MR) is 97.8 cm³/mol. The summed E-state index contributed by atoms with van der Waals surface area (Å²) in [6.45, 7) is 2.19. The van der Waals surface area contributed by atoms with Crippen LogP contribution in [0.2, 0.25) is 0 Å². The maximum atomic E-state index is 12.1. The smallest absolute Gasteiger partial charge is 0.308 e. The predicted octanol–water partition coefficient (Wildman–Crippen LogP) is 0.877. The number of carbonyl (C=O) groups excluding carboxylic acids is 2. The molecule has 1 heterocycles. The van der Waals surface area contributed by atoms with E-state index >= 15 is 0 Å². The third kappa shape index (κ3) is 5.74. The molecule has 1 aromatic carbocycles. The number of nitro groups is 1. The van der Waals surface area contributed by atoms with Crippen LogP contribution in [0.1, 0.15) is 28.8 Å². The van der Waals surface area contributed by atoms with Crippen molar-refractivity contribution in [1.82, 2.24) is 10.6 Å². The number of carbonyl (C=O) groups is 3. The Morgan fingerprint density at radius 3 is 2.54 bits per heavy atom. The van der Waals surface area contributed by atoms with Gasteiger partial charge >= 0.3 is 5.97 Å². The molecule has 2 rings (SSSR count). The second-order valence-corrected chi connectivity index (χ2v) is 6.64. The summed E-state index contributed by atoms with van der Waals surface area (Å²) in [6.07, 6.45) is 1.26. The summed E-state index contributed by atoms with van der Waals surface area (Å²) in [6, 6.07) is 3.91. The lowest BCUT2D eigenvalue weighted by Gasteiger charge is -2.27. The summed E-state index contributed by atoms with van der Waals surface area (Å²) in [4.78, 5) is 45.8. The number of rotatable bonds is 8. The van der Waals surface area contributed by atoms with Crippen LogP contribution in [0.4, 0.5) is 5.69 Å². The Hall–Kier alpha value is -3.01. The lowest BCUT2D eigenvalue weighted by Crippen LogP contribution is -2.42. The monoisotopic (exact) mass is 393 g/mol. The van der Waals surface area contributed by atoms with Gasteiger partial charge < -0.3 is 20.5 Å². The lowest BCUT2D eigenvalue weighted by atomic mass is 9.86. The van der Waals surface area contributed by atoms with Gasteiger partial charge in [-0.2, -0.15) is 0 Å². The van der Waals surface area contributed by atoms with E-state index in [-0.39, 0.29) is 30.3 Å². The second kappa shape index (κ2) is 9.79. The zero-order chi connectivity index (χ0) is 20.7. The van der Waals surface area contributed by atoms with E-state index in [1.165, 1.54) is 25.1 Å². The van der Waals surface area contributed by atoms with Crippen LogP contribution >= 0.6 is 0 Å². The molecule has 1 aliphatic heterocycles. The number of amides is 2. The Kier molecular flexibility index (Phi) is 7.44. The number of aryl methyl sites for hydroxylation is 1. The molecule has 0 bridgehead atoms. The van der Waals surface area contributed by atoms with Crippen LogP contribution in [0, 0.1) is 28.9 Å². The molecule has 1 aromatic rings. The average molecular weight is 393 g/mol. The van der Waals surface area contributed by atoms with Gasteiger partial charge in [-0.15, -0.1) is 0 Å². The van der Waals surface area contributed by atoms with E-state index in [2.05, 4.69) is 10.6 Å². The van der Waals surface area contributed by atoms with Crippen LogP contribution in [0.15, 0.2) is 18.2 Å². The maximum Gasteiger partial charge on any atom is 0.308 e. The van der Waals surface area contributed by atoms with Gasteiger partial charge in [-0.25, -0.2) is 0 Å². The number of hydrogen-bond acceptors (Lipinski definition) is 6. The minimum atomic E-state index is -0.974. The molecule has 152 valence electrons. The molecule has 0 aliphatic carbocycles. The number of carboxylic acid groups (broad SMARTS) is 1. The molecule has 0 spiro atoms. The summed E-state index contributed by atoms with van der Waals surface area (Å²) < 4.78 is 5.23. The SMILES string of the molecule is Cc1cc(C(=O)NCC(=O)NCC(C(=O)O)C2CCOCC2)ccc1[N+](=O)[O-]. The van der Waals surface area contributed by atoms with Crippen molar-refractivity contribution >= 4 is 23.5 Å². The molecular formula is C18H23N3O7. The number of ether oxygens (including phenoxy) is 1. The van der Waals surface area contributed by atoms with E-state index in [9.17, 15) is 29.6 Å². The van der Waals surface area contributed by atoms with Crippen LogP contribution in [0.5, 0.6) is 0 Å². The molecular weight excluding hydrogens is 370 g/mol. The van der Waals surface area contributed by atoms with E-state index in [0.29, 0.717) is 31.6 Å². The first-order chi connectivity index (χ1) is 13.3. The molecule has 1 unspecified atom stereocenters. The van der Waals surface area contributed by atoms with Crippen molar-refractivity contribution in [2.24, 2.45) is 11.8 Å². The van der Waals surface area contributed by atoms with Gasteiger partial charge in [-0.3, -0.25) is 24.5 Å². The molecule has 0 radical (unpaired) electrons. The molecule has 3 N–H and O–H groups in total. The Balaban J connectivity index is 1.84. The molecule has 2 amide bonds. The molecule has 1 aliphatic rings. The highest BCUT2D eigenvalue weighted by Crippen LogP contribution is 2.23. The van der Waals surface area contributed by atoms with Crippen LogP contribution in [0.25, 0.3) is 0 Å². The summed E-state index contributed by atoms with van der Waals surface area (Å²) in [5.74, 6) is -2.81. The molecule has 1 saturated heterocycles. The zero-order valence-corrected chi connectivity index (χ0v) is 15.5. The van der Waals surface area contributed by atoms with E-state index in [4.69, 9.17) is 4.74 Å². The quantitative estimate of drug-likeness (QED) is 0.438. The number of hydrogen-bond donors (Lipinski definition) is 3.